The van der Waals surface area contributed by atoms with E-state index in [0.717, 1.165) is 16.7 Å². The number of hydrogen-bond acceptors (Lipinski definition) is 4. The van der Waals surface area contributed by atoms with E-state index in [9.17, 15) is 9.59 Å². The van der Waals surface area contributed by atoms with Gasteiger partial charge in [-0.2, -0.15) is 0 Å². The van der Waals surface area contributed by atoms with Gasteiger partial charge in [0, 0.05) is 17.3 Å². The monoisotopic (exact) mass is 440 g/mol. The maximum absolute atomic E-state index is 12.3. The number of halogens is 1. The molecule has 0 atom stereocenters. The molecule has 2 amide bonds. The minimum Gasteiger partial charge on any atom is -0.483 e. The van der Waals surface area contributed by atoms with Crippen molar-refractivity contribution in [1.29, 1.82) is 0 Å². The van der Waals surface area contributed by atoms with Gasteiger partial charge in [-0.1, -0.05) is 37.6 Å². The predicted octanol–water partition coefficient (Wildman–Crippen LogP) is 5.31. The number of amides is 2. The Morgan fingerprint density at radius 2 is 1.94 bits per heavy atom. The first-order chi connectivity index (χ1) is 14.8. The number of hydrogen-bond donors (Lipinski definition) is 2. The highest BCUT2D eigenvalue weighted by molar-refractivity contribution is 6.31. The Kier molecular flexibility index (Phi) is 7.36. The number of anilines is 1. The van der Waals surface area contributed by atoms with Gasteiger partial charge in [0.15, 0.2) is 12.4 Å². The molecule has 0 aliphatic rings. The molecule has 6 nitrogen and oxygen atoms in total. The van der Waals surface area contributed by atoms with Gasteiger partial charge in [-0.25, -0.2) is 0 Å². The van der Waals surface area contributed by atoms with Crippen molar-refractivity contribution in [2.45, 2.75) is 33.2 Å². The zero-order valence-corrected chi connectivity index (χ0v) is 18.5. The fourth-order valence-corrected chi connectivity index (χ4v) is 3.17. The summed E-state index contributed by atoms with van der Waals surface area (Å²) in [4.78, 5) is 24.4. The molecule has 0 aliphatic carbocycles. The van der Waals surface area contributed by atoms with E-state index < -0.39 is 0 Å². The molecule has 0 radical (unpaired) electrons. The lowest BCUT2D eigenvalue weighted by Gasteiger charge is -2.16. The van der Waals surface area contributed by atoms with Crippen molar-refractivity contribution in [3.63, 3.8) is 0 Å². The standard InChI is InChI=1S/C24H25ClN2O4/c1-15(2)19-12-20(25)16(3)10-22(19)31-14-23(28)26-13-17-6-4-7-18(11-17)27-24(29)21-8-5-9-30-21/h4-12,15H,13-14H2,1-3H3,(H,26,28)(H,27,29). The topological polar surface area (TPSA) is 80.6 Å². The molecule has 1 aromatic heterocycles. The van der Waals surface area contributed by atoms with Crippen molar-refractivity contribution < 1.29 is 18.7 Å². The van der Waals surface area contributed by atoms with Crippen molar-refractivity contribution in [3.8, 4) is 5.75 Å². The van der Waals surface area contributed by atoms with Crippen LogP contribution in [0.5, 0.6) is 5.75 Å². The number of aryl methyl sites for hydroxylation is 1. The van der Waals surface area contributed by atoms with E-state index in [0.29, 0.717) is 23.0 Å². The van der Waals surface area contributed by atoms with E-state index >= 15 is 0 Å². The largest absolute Gasteiger partial charge is 0.483 e. The number of carbonyl (C=O) groups excluding carboxylic acids is 2. The van der Waals surface area contributed by atoms with Crippen LogP contribution in [0.1, 0.15) is 47.0 Å². The lowest BCUT2D eigenvalue weighted by Crippen LogP contribution is -2.28. The fourth-order valence-electron chi connectivity index (χ4n) is 3.00. The van der Waals surface area contributed by atoms with Gasteiger partial charge in [-0.05, 0) is 65.9 Å². The molecule has 0 aliphatic heterocycles. The molecule has 0 bridgehead atoms. The third kappa shape index (κ3) is 6.12. The van der Waals surface area contributed by atoms with Crippen molar-refractivity contribution in [3.05, 3.63) is 82.3 Å². The second kappa shape index (κ2) is 10.2. The zero-order chi connectivity index (χ0) is 22.4. The molecule has 0 spiro atoms. The Hall–Kier alpha value is -3.25. The summed E-state index contributed by atoms with van der Waals surface area (Å²) in [6.07, 6.45) is 1.44. The van der Waals surface area contributed by atoms with Crippen LogP contribution in [0.2, 0.25) is 5.02 Å². The fraction of sp³-hybridized carbons (Fsp3) is 0.250. The van der Waals surface area contributed by atoms with E-state index in [1.54, 1.807) is 30.3 Å². The molecule has 7 heteroatoms. The summed E-state index contributed by atoms with van der Waals surface area (Å²) < 4.78 is 10.9. The second-order valence-corrected chi connectivity index (χ2v) is 7.90. The summed E-state index contributed by atoms with van der Waals surface area (Å²) >= 11 is 6.22. The molecule has 0 saturated heterocycles. The molecule has 0 fully saturated rings. The first-order valence-corrected chi connectivity index (χ1v) is 10.3. The van der Waals surface area contributed by atoms with E-state index in [4.69, 9.17) is 20.8 Å². The first-order valence-electron chi connectivity index (χ1n) is 9.97. The van der Waals surface area contributed by atoms with Gasteiger partial charge in [-0.15, -0.1) is 0 Å². The average molecular weight is 441 g/mol. The number of nitrogens with one attached hydrogen (secondary N) is 2. The molecular weight excluding hydrogens is 416 g/mol. The Labute approximate surface area is 186 Å². The van der Waals surface area contributed by atoms with E-state index in [1.165, 1.54) is 6.26 Å². The molecule has 162 valence electrons. The molecule has 2 aromatic carbocycles. The van der Waals surface area contributed by atoms with Gasteiger partial charge in [0.05, 0.1) is 6.26 Å². The minimum absolute atomic E-state index is 0.101. The van der Waals surface area contributed by atoms with Crippen LogP contribution >= 0.6 is 11.6 Å². The summed E-state index contributed by atoms with van der Waals surface area (Å²) in [6, 6.07) is 14.2. The summed E-state index contributed by atoms with van der Waals surface area (Å²) in [7, 11) is 0. The minimum atomic E-state index is -0.334. The number of rotatable bonds is 8. The summed E-state index contributed by atoms with van der Waals surface area (Å²) in [5.74, 6) is 0.533. The van der Waals surface area contributed by atoms with Crippen LogP contribution in [-0.4, -0.2) is 18.4 Å². The zero-order valence-electron chi connectivity index (χ0n) is 17.7. The van der Waals surface area contributed by atoms with Crippen LogP contribution < -0.4 is 15.4 Å². The van der Waals surface area contributed by atoms with Crippen molar-refractivity contribution in [1.82, 2.24) is 5.32 Å². The van der Waals surface area contributed by atoms with Gasteiger partial charge in [0.1, 0.15) is 5.75 Å². The lowest BCUT2D eigenvalue weighted by molar-refractivity contribution is -0.123. The van der Waals surface area contributed by atoms with Gasteiger partial charge in [0.2, 0.25) is 0 Å². The van der Waals surface area contributed by atoms with Crippen LogP contribution in [-0.2, 0) is 11.3 Å². The predicted molar refractivity (Wildman–Crippen MR) is 121 cm³/mol. The third-order valence-corrected chi connectivity index (χ3v) is 5.10. The second-order valence-electron chi connectivity index (χ2n) is 7.49. The van der Waals surface area contributed by atoms with E-state index in [-0.39, 0.29) is 30.1 Å². The number of carbonyl (C=O) groups is 2. The molecular formula is C24H25ClN2O4. The normalized spacial score (nSPS) is 10.7. The molecule has 0 unspecified atom stereocenters. The SMILES string of the molecule is Cc1cc(OCC(=O)NCc2cccc(NC(=O)c3ccco3)c2)c(C(C)C)cc1Cl. The first kappa shape index (κ1) is 22.4. The number of benzene rings is 2. The quantitative estimate of drug-likeness (QED) is 0.497. The molecule has 3 rings (SSSR count). The van der Waals surface area contributed by atoms with Gasteiger partial charge in [0.25, 0.3) is 11.8 Å². The molecule has 2 N–H and O–H groups in total. The highest BCUT2D eigenvalue weighted by Crippen LogP contribution is 2.31. The van der Waals surface area contributed by atoms with Gasteiger partial charge < -0.3 is 19.8 Å². The lowest BCUT2D eigenvalue weighted by atomic mass is 10.0. The number of ether oxygens (including phenoxy) is 1. The van der Waals surface area contributed by atoms with E-state index in [1.807, 2.05) is 39.0 Å². The van der Waals surface area contributed by atoms with Crippen molar-refractivity contribution >= 4 is 29.1 Å². The highest BCUT2D eigenvalue weighted by atomic mass is 35.5. The molecule has 1 heterocycles. The number of furan rings is 1. The maximum atomic E-state index is 12.3. The van der Waals surface area contributed by atoms with Crippen LogP contribution in [0.15, 0.2) is 59.2 Å². The summed E-state index contributed by atoms with van der Waals surface area (Å²) in [6.45, 7) is 6.20. The third-order valence-electron chi connectivity index (χ3n) is 4.69. The average Bonchev–Trinajstić information content (AvgIpc) is 3.28. The maximum Gasteiger partial charge on any atom is 0.291 e. The van der Waals surface area contributed by atoms with Crippen LogP contribution in [0.4, 0.5) is 5.69 Å². The van der Waals surface area contributed by atoms with Crippen molar-refractivity contribution in [2.75, 3.05) is 11.9 Å². The van der Waals surface area contributed by atoms with E-state index in [2.05, 4.69) is 10.6 Å². The Bertz CT molecular complexity index is 1060. The summed E-state index contributed by atoms with van der Waals surface area (Å²) in [5.41, 5.74) is 3.32. The Morgan fingerprint density at radius 1 is 1.13 bits per heavy atom. The molecule has 31 heavy (non-hydrogen) atoms. The summed E-state index contributed by atoms with van der Waals surface area (Å²) in [5, 5.41) is 6.28. The smallest absolute Gasteiger partial charge is 0.291 e. The Balaban J connectivity index is 1.54. The van der Waals surface area contributed by atoms with Crippen LogP contribution in [0.3, 0.4) is 0 Å². The van der Waals surface area contributed by atoms with Crippen LogP contribution in [0.25, 0.3) is 0 Å². The van der Waals surface area contributed by atoms with Crippen LogP contribution in [0, 0.1) is 6.92 Å². The van der Waals surface area contributed by atoms with Gasteiger partial charge in [-0.3, -0.25) is 9.59 Å². The van der Waals surface area contributed by atoms with Crippen molar-refractivity contribution in [2.24, 2.45) is 0 Å². The van der Waals surface area contributed by atoms with Gasteiger partial charge >= 0.3 is 0 Å². The molecule has 0 saturated carbocycles. The molecule has 3 aromatic rings. The Morgan fingerprint density at radius 3 is 2.65 bits per heavy atom. The highest BCUT2D eigenvalue weighted by Gasteiger charge is 2.13.